The van der Waals surface area contributed by atoms with Gasteiger partial charge in [-0.2, -0.15) is 0 Å². The number of hydrogen-bond acceptors (Lipinski definition) is 0. The van der Waals surface area contributed by atoms with Gasteiger partial charge in [0.05, 0.1) is 0 Å². The van der Waals surface area contributed by atoms with Gasteiger partial charge in [0.25, 0.3) is 0 Å². The van der Waals surface area contributed by atoms with Crippen LogP contribution < -0.4 is 0 Å². The van der Waals surface area contributed by atoms with Crippen LogP contribution in [0.25, 0.3) is 0 Å². The Morgan fingerprint density at radius 2 is 1.86 bits per heavy atom. The largest absolute Gasteiger partial charge is 0.207 e. The monoisotopic (exact) mass is 202 g/mol. The lowest BCUT2D eigenvalue weighted by molar-refractivity contribution is 0.472. The summed E-state index contributed by atoms with van der Waals surface area (Å²) < 4.78 is 38.8. The van der Waals surface area contributed by atoms with Crippen molar-refractivity contribution in [3.05, 3.63) is 35.1 Å². The Bertz CT molecular complexity index is 321. The third-order valence-electron chi connectivity index (χ3n) is 2.27. The fraction of sp³-hybridized carbons (Fsp3) is 0.455. The third-order valence-corrected chi connectivity index (χ3v) is 2.27. The topological polar surface area (TPSA) is 0 Å². The van der Waals surface area contributed by atoms with E-state index in [1.54, 1.807) is 6.92 Å². The Kier molecular flexibility index (Phi) is 3.55. The number of hydrogen-bond donors (Lipinski definition) is 0. The van der Waals surface area contributed by atoms with Gasteiger partial charge in [-0.15, -0.1) is 0 Å². The van der Waals surface area contributed by atoms with Crippen molar-refractivity contribution in [2.45, 2.75) is 32.6 Å². The van der Waals surface area contributed by atoms with Gasteiger partial charge in [-0.3, -0.25) is 0 Å². The summed E-state index contributed by atoms with van der Waals surface area (Å²) in [5.74, 6) is -2.90. The van der Waals surface area contributed by atoms with E-state index in [4.69, 9.17) is 0 Å². The molecule has 0 spiro atoms. The van der Waals surface area contributed by atoms with E-state index in [9.17, 15) is 13.2 Å². The van der Waals surface area contributed by atoms with E-state index >= 15 is 0 Å². The first kappa shape index (κ1) is 11.1. The minimum Gasteiger partial charge on any atom is -0.207 e. The molecule has 1 aromatic rings. The molecule has 1 aromatic carbocycles. The van der Waals surface area contributed by atoms with Crippen molar-refractivity contribution in [3.8, 4) is 0 Å². The van der Waals surface area contributed by atoms with Crippen LogP contribution in [0, 0.1) is 17.5 Å². The maximum absolute atomic E-state index is 13.2. The third kappa shape index (κ3) is 2.28. The summed E-state index contributed by atoms with van der Waals surface area (Å²) in [7, 11) is 0. The lowest BCUT2D eigenvalue weighted by Gasteiger charge is -2.11. The van der Waals surface area contributed by atoms with E-state index in [-0.39, 0.29) is 11.5 Å². The van der Waals surface area contributed by atoms with E-state index in [0.717, 1.165) is 18.9 Å². The molecule has 3 heteroatoms. The molecule has 0 radical (unpaired) electrons. The maximum atomic E-state index is 13.2. The van der Waals surface area contributed by atoms with E-state index in [1.807, 2.05) is 6.92 Å². The highest BCUT2D eigenvalue weighted by Gasteiger charge is 2.15. The summed E-state index contributed by atoms with van der Waals surface area (Å²) in [6.07, 6.45) is 1.58. The van der Waals surface area contributed by atoms with Gasteiger partial charge < -0.3 is 0 Å². The summed E-state index contributed by atoms with van der Waals surface area (Å²) in [5.41, 5.74) is 0.129. The molecule has 0 fully saturated rings. The van der Waals surface area contributed by atoms with Crippen molar-refractivity contribution < 1.29 is 13.2 Å². The van der Waals surface area contributed by atoms with Gasteiger partial charge in [-0.1, -0.05) is 20.3 Å². The van der Waals surface area contributed by atoms with Gasteiger partial charge >= 0.3 is 0 Å². The van der Waals surface area contributed by atoms with Gasteiger partial charge in [-0.05, 0) is 24.0 Å². The second kappa shape index (κ2) is 4.49. The molecule has 0 saturated heterocycles. The number of halogens is 3. The molecular formula is C11H13F3. The van der Waals surface area contributed by atoms with Gasteiger partial charge in [0, 0.05) is 6.07 Å². The summed E-state index contributed by atoms with van der Waals surface area (Å²) in [4.78, 5) is 0. The lowest BCUT2D eigenvalue weighted by atomic mass is 9.96. The van der Waals surface area contributed by atoms with Crippen molar-refractivity contribution >= 4 is 0 Å². The van der Waals surface area contributed by atoms with Gasteiger partial charge in [0.2, 0.25) is 0 Å². The van der Waals surface area contributed by atoms with Crippen LogP contribution in [0.15, 0.2) is 12.1 Å². The van der Waals surface area contributed by atoms with E-state index in [1.165, 1.54) is 0 Å². The van der Waals surface area contributed by atoms with Gasteiger partial charge in [0.15, 0.2) is 11.6 Å². The second-order valence-electron chi connectivity index (χ2n) is 3.48. The zero-order valence-corrected chi connectivity index (χ0v) is 8.28. The number of rotatable bonds is 3. The molecule has 0 aliphatic carbocycles. The van der Waals surface area contributed by atoms with Crippen LogP contribution in [0.3, 0.4) is 0 Å². The van der Waals surface area contributed by atoms with Crippen molar-refractivity contribution in [2.24, 2.45) is 0 Å². The molecule has 0 saturated carbocycles. The normalized spacial score (nSPS) is 12.9. The van der Waals surface area contributed by atoms with E-state index < -0.39 is 17.5 Å². The maximum Gasteiger partial charge on any atom is 0.162 e. The first-order chi connectivity index (χ1) is 6.56. The fourth-order valence-corrected chi connectivity index (χ4v) is 1.52. The van der Waals surface area contributed by atoms with Crippen LogP contribution in [-0.2, 0) is 0 Å². The molecule has 1 rings (SSSR count). The first-order valence-corrected chi connectivity index (χ1v) is 4.70. The Morgan fingerprint density at radius 3 is 2.43 bits per heavy atom. The fourth-order valence-electron chi connectivity index (χ4n) is 1.52. The van der Waals surface area contributed by atoms with Crippen LogP contribution in [-0.4, -0.2) is 0 Å². The summed E-state index contributed by atoms with van der Waals surface area (Å²) >= 11 is 0. The highest BCUT2D eigenvalue weighted by atomic mass is 19.2. The van der Waals surface area contributed by atoms with Gasteiger partial charge in [0.1, 0.15) is 5.82 Å². The molecule has 1 unspecified atom stereocenters. The van der Waals surface area contributed by atoms with Crippen LogP contribution in [0.4, 0.5) is 13.2 Å². The zero-order chi connectivity index (χ0) is 10.7. The molecule has 0 N–H and O–H groups in total. The Balaban J connectivity index is 3.07. The summed E-state index contributed by atoms with van der Waals surface area (Å²) in [5, 5.41) is 0. The Morgan fingerprint density at radius 1 is 1.21 bits per heavy atom. The molecule has 0 aliphatic heterocycles. The Hall–Kier alpha value is -0.990. The van der Waals surface area contributed by atoms with Crippen LogP contribution in [0.1, 0.15) is 38.2 Å². The molecule has 0 aromatic heterocycles. The Labute approximate surface area is 81.8 Å². The average molecular weight is 202 g/mol. The van der Waals surface area contributed by atoms with Crippen LogP contribution in [0.5, 0.6) is 0 Å². The molecule has 14 heavy (non-hydrogen) atoms. The standard InChI is InChI=1S/C11H13F3/c1-3-4-7(2)9-5-8(12)6-10(13)11(9)14/h5-7H,3-4H2,1-2H3. The van der Waals surface area contributed by atoms with Crippen molar-refractivity contribution in [1.29, 1.82) is 0 Å². The average Bonchev–Trinajstić information content (AvgIpc) is 2.11. The van der Waals surface area contributed by atoms with E-state index in [0.29, 0.717) is 6.07 Å². The lowest BCUT2D eigenvalue weighted by Crippen LogP contribution is -2.01. The van der Waals surface area contributed by atoms with E-state index in [2.05, 4.69) is 0 Å². The quantitative estimate of drug-likeness (QED) is 0.650. The summed E-state index contributed by atoms with van der Waals surface area (Å²) in [6, 6.07) is 1.64. The molecule has 78 valence electrons. The minimum absolute atomic E-state index is 0.129. The molecule has 0 amide bonds. The predicted molar refractivity (Wildman–Crippen MR) is 49.6 cm³/mol. The van der Waals surface area contributed by atoms with Crippen LogP contribution >= 0.6 is 0 Å². The van der Waals surface area contributed by atoms with Crippen LogP contribution in [0.2, 0.25) is 0 Å². The summed E-state index contributed by atoms with van der Waals surface area (Å²) in [6.45, 7) is 3.71. The smallest absolute Gasteiger partial charge is 0.162 e. The second-order valence-corrected chi connectivity index (χ2v) is 3.48. The van der Waals surface area contributed by atoms with Gasteiger partial charge in [-0.25, -0.2) is 13.2 Å². The minimum atomic E-state index is -1.11. The highest BCUT2D eigenvalue weighted by molar-refractivity contribution is 5.23. The molecule has 0 aliphatic rings. The zero-order valence-electron chi connectivity index (χ0n) is 8.28. The SMILES string of the molecule is CCCC(C)c1cc(F)cc(F)c1F. The molecular weight excluding hydrogens is 189 g/mol. The highest BCUT2D eigenvalue weighted by Crippen LogP contribution is 2.25. The molecule has 1 atom stereocenters. The van der Waals surface area contributed by atoms with Crippen molar-refractivity contribution in [2.75, 3.05) is 0 Å². The van der Waals surface area contributed by atoms with Crippen molar-refractivity contribution in [1.82, 2.24) is 0 Å². The van der Waals surface area contributed by atoms with Crippen molar-refractivity contribution in [3.63, 3.8) is 0 Å². The molecule has 0 nitrogen and oxygen atoms in total. The molecule has 0 heterocycles. The first-order valence-electron chi connectivity index (χ1n) is 4.70. The predicted octanol–water partition coefficient (Wildman–Crippen LogP) is 4.01. The number of benzene rings is 1. The molecule has 0 bridgehead atoms.